The van der Waals surface area contributed by atoms with Gasteiger partial charge in [0.15, 0.2) is 0 Å². The highest BCUT2D eigenvalue weighted by molar-refractivity contribution is 6.25. The van der Waals surface area contributed by atoms with E-state index in [1.807, 2.05) is 13.0 Å². The smallest absolute Gasteiger partial charge is 0.0991 e. The van der Waals surface area contributed by atoms with Crippen molar-refractivity contribution in [3.8, 4) is 0 Å². The van der Waals surface area contributed by atoms with Gasteiger partial charge in [-0.1, -0.05) is 68.3 Å². The first-order valence-corrected chi connectivity index (χ1v) is 6.83. The minimum absolute atomic E-state index is 0.306. The molecule has 1 atom stereocenters. The van der Waals surface area contributed by atoms with E-state index in [9.17, 15) is 0 Å². The van der Waals surface area contributed by atoms with E-state index < -0.39 is 0 Å². The zero-order chi connectivity index (χ0) is 13.8. The number of allylic oxidation sites excluding steroid dienone is 7. The summed E-state index contributed by atoms with van der Waals surface area (Å²) in [6.45, 7) is 12.8. The van der Waals surface area contributed by atoms with Crippen molar-refractivity contribution in [2.75, 3.05) is 0 Å². The molecule has 0 spiro atoms. The molecule has 0 heterocycles. The fourth-order valence-corrected chi connectivity index (χ4v) is 3.04. The maximum Gasteiger partial charge on any atom is 0.114 e. The lowest BCUT2D eigenvalue weighted by atomic mass is 9.68. The van der Waals surface area contributed by atoms with Crippen molar-refractivity contribution >= 4 is 7.85 Å². The Kier molecular flexibility index (Phi) is 5.25. The highest BCUT2D eigenvalue weighted by Crippen LogP contribution is 2.39. The molecule has 0 amide bonds. The molecular formula is C17H25B. The van der Waals surface area contributed by atoms with Gasteiger partial charge in [0.1, 0.15) is 7.85 Å². The van der Waals surface area contributed by atoms with Crippen LogP contribution in [0.2, 0.25) is 0 Å². The van der Waals surface area contributed by atoms with E-state index in [0.29, 0.717) is 11.3 Å². The van der Waals surface area contributed by atoms with Crippen LogP contribution in [0.15, 0.2) is 47.5 Å². The van der Waals surface area contributed by atoms with Gasteiger partial charge in [0, 0.05) is 0 Å². The number of hydrogen-bond donors (Lipinski definition) is 0. The van der Waals surface area contributed by atoms with Crippen LogP contribution >= 0.6 is 0 Å². The summed E-state index contributed by atoms with van der Waals surface area (Å²) >= 11 is 0. The summed E-state index contributed by atoms with van der Waals surface area (Å²) in [5, 5.41) is 0. The van der Waals surface area contributed by atoms with E-state index in [-0.39, 0.29) is 0 Å². The van der Waals surface area contributed by atoms with Crippen molar-refractivity contribution in [3.05, 3.63) is 47.5 Å². The Morgan fingerprint density at radius 1 is 1.39 bits per heavy atom. The molecule has 0 saturated carbocycles. The number of rotatable bonds is 2. The third kappa shape index (κ3) is 4.05. The molecule has 0 aromatic carbocycles. The van der Waals surface area contributed by atoms with E-state index in [1.165, 1.54) is 17.6 Å². The molecule has 1 heteroatoms. The zero-order valence-corrected chi connectivity index (χ0v) is 12.3. The van der Waals surface area contributed by atoms with Crippen LogP contribution in [0.5, 0.6) is 0 Å². The fraction of sp³-hybridized carbons (Fsp3) is 0.529. The molecular weight excluding hydrogens is 215 g/mol. The van der Waals surface area contributed by atoms with Crippen molar-refractivity contribution in [2.24, 2.45) is 11.3 Å². The van der Waals surface area contributed by atoms with Crippen LogP contribution in [0.4, 0.5) is 0 Å². The van der Waals surface area contributed by atoms with E-state index in [2.05, 4.69) is 45.6 Å². The van der Waals surface area contributed by atoms with Crippen molar-refractivity contribution in [1.29, 1.82) is 0 Å². The largest absolute Gasteiger partial charge is 0.114 e. The standard InChI is InChI=1S/C17H25B/c1-6-8-14-10-13(3)11-17(4,5)12-15(9-7-2)16(14)18/h6-9,13H,2,10-12H2,1,3-5H3/b8-6+,15-9+,16-14+. The molecule has 1 unspecified atom stereocenters. The third-order valence-electron chi connectivity index (χ3n) is 3.52. The van der Waals surface area contributed by atoms with E-state index in [4.69, 9.17) is 7.85 Å². The topological polar surface area (TPSA) is 0 Å². The molecule has 2 radical (unpaired) electrons. The lowest BCUT2D eigenvalue weighted by Gasteiger charge is -2.33. The Labute approximate surface area is 114 Å². The molecule has 0 aromatic heterocycles. The fourth-order valence-electron chi connectivity index (χ4n) is 3.04. The molecule has 1 aliphatic carbocycles. The normalized spacial score (nSPS) is 31.3. The minimum Gasteiger partial charge on any atom is -0.0991 e. The van der Waals surface area contributed by atoms with Gasteiger partial charge in [-0.05, 0) is 37.5 Å². The van der Waals surface area contributed by atoms with Gasteiger partial charge in [-0.3, -0.25) is 0 Å². The molecule has 1 aliphatic rings. The molecule has 0 aromatic rings. The Hall–Kier alpha value is -0.975. The maximum absolute atomic E-state index is 6.36. The van der Waals surface area contributed by atoms with E-state index in [0.717, 1.165) is 18.3 Å². The molecule has 18 heavy (non-hydrogen) atoms. The van der Waals surface area contributed by atoms with Crippen molar-refractivity contribution < 1.29 is 0 Å². The first-order chi connectivity index (χ1) is 8.39. The zero-order valence-electron chi connectivity index (χ0n) is 12.3. The summed E-state index contributed by atoms with van der Waals surface area (Å²) < 4.78 is 0. The van der Waals surface area contributed by atoms with Crippen molar-refractivity contribution in [1.82, 2.24) is 0 Å². The summed E-state index contributed by atoms with van der Waals surface area (Å²) in [5.41, 5.74) is 3.76. The summed E-state index contributed by atoms with van der Waals surface area (Å²) in [6, 6.07) is 0. The van der Waals surface area contributed by atoms with Crippen LogP contribution in [0.1, 0.15) is 47.0 Å². The molecule has 0 nitrogen and oxygen atoms in total. The van der Waals surface area contributed by atoms with Crippen LogP contribution in [0.3, 0.4) is 0 Å². The average molecular weight is 240 g/mol. The molecule has 0 aliphatic heterocycles. The predicted molar refractivity (Wildman–Crippen MR) is 82.7 cm³/mol. The molecule has 0 N–H and O–H groups in total. The van der Waals surface area contributed by atoms with E-state index in [1.54, 1.807) is 0 Å². The Bertz CT molecular complexity index is 394. The van der Waals surface area contributed by atoms with Gasteiger partial charge in [-0.25, -0.2) is 0 Å². The number of hydrogen-bond acceptors (Lipinski definition) is 0. The second-order valence-electron chi connectivity index (χ2n) is 6.22. The molecule has 0 bridgehead atoms. The van der Waals surface area contributed by atoms with Crippen LogP contribution in [-0.4, -0.2) is 7.85 Å². The van der Waals surface area contributed by atoms with Gasteiger partial charge < -0.3 is 0 Å². The van der Waals surface area contributed by atoms with Gasteiger partial charge in [-0.2, -0.15) is 0 Å². The predicted octanol–water partition coefficient (Wildman–Crippen LogP) is 4.94. The second-order valence-corrected chi connectivity index (χ2v) is 6.22. The average Bonchev–Trinajstić information content (AvgIpc) is 2.24. The first-order valence-electron chi connectivity index (χ1n) is 6.83. The van der Waals surface area contributed by atoms with Crippen LogP contribution in [0.25, 0.3) is 0 Å². The molecule has 0 fully saturated rings. The third-order valence-corrected chi connectivity index (χ3v) is 3.52. The quantitative estimate of drug-likeness (QED) is 0.599. The van der Waals surface area contributed by atoms with Crippen molar-refractivity contribution in [3.63, 3.8) is 0 Å². The Balaban J connectivity index is 3.24. The summed E-state index contributed by atoms with van der Waals surface area (Å²) in [4.78, 5) is 0. The Morgan fingerprint density at radius 3 is 2.61 bits per heavy atom. The van der Waals surface area contributed by atoms with Gasteiger partial charge >= 0.3 is 0 Å². The molecule has 0 saturated heterocycles. The van der Waals surface area contributed by atoms with Crippen LogP contribution in [-0.2, 0) is 0 Å². The summed E-state index contributed by atoms with van der Waals surface area (Å²) in [7, 11) is 6.36. The van der Waals surface area contributed by atoms with Gasteiger partial charge in [0.05, 0.1) is 0 Å². The van der Waals surface area contributed by atoms with Crippen LogP contribution in [0, 0.1) is 11.3 Å². The Morgan fingerprint density at radius 2 is 2.06 bits per heavy atom. The van der Waals surface area contributed by atoms with Crippen LogP contribution < -0.4 is 0 Å². The minimum atomic E-state index is 0.306. The lowest BCUT2D eigenvalue weighted by molar-refractivity contribution is 0.271. The summed E-state index contributed by atoms with van der Waals surface area (Å²) in [5.74, 6) is 0.676. The monoisotopic (exact) mass is 240 g/mol. The molecule has 96 valence electrons. The SMILES string of the molecule is [B]/C1=C(\C=C\C)CC(C)CC(C)(C)C\C1=C/C=C. The maximum atomic E-state index is 6.36. The molecule has 1 rings (SSSR count). The van der Waals surface area contributed by atoms with Crippen molar-refractivity contribution in [2.45, 2.75) is 47.0 Å². The van der Waals surface area contributed by atoms with Gasteiger partial charge in [-0.15, -0.1) is 0 Å². The highest BCUT2D eigenvalue weighted by atomic mass is 14.3. The highest BCUT2D eigenvalue weighted by Gasteiger charge is 2.26. The lowest BCUT2D eigenvalue weighted by Crippen LogP contribution is -2.20. The summed E-state index contributed by atoms with van der Waals surface area (Å²) in [6.07, 6.45) is 11.5. The van der Waals surface area contributed by atoms with Gasteiger partial charge in [0.25, 0.3) is 0 Å². The first kappa shape index (κ1) is 15.1. The second kappa shape index (κ2) is 6.27. The van der Waals surface area contributed by atoms with Gasteiger partial charge in [0.2, 0.25) is 0 Å². The van der Waals surface area contributed by atoms with E-state index >= 15 is 0 Å².